The molecule has 0 radical (unpaired) electrons. The Morgan fingerprint density at radius 2 is 0.786 bits per heavy atom. The molecule has 162 valence electrons. The zero-order chi connectivity index (χ0) is 21.9. The van der Waals surface area contributed by atoms with E-state index in [1.165, 1.54) is 5.56 Å². The van der Waals surface area contributed by atoms with E-state index in [4.69, 9.17) is 5.73 Å². The second-order valence-electron chi connectivity index (χ2n) is 11.1. The fraction of sp³-hybridized carbons (Fsp3) is 0.778. The predicted octanol–water partition coefficient (Wildman–Crippen LogP) is 8.46. The summed E-state index contributed by atoms with van der Waals surface area (Å²) in [7, 11) is 0. The van der Waals surface area contributed by atoms with E-state index in [1.807, 2.05) is 0 Å². The quantitative estimate of drug-likeness (QED) is 0.422. The van der Waals surface area contributed by atoms with Crippen LogP contribution in [-0.2, 0) is 0 Å². The van der Waals surface area contributed by atoms with Gasteiger partial charge in [-0.05, 0) is 76.0 Å². The highest BCUT2D eigenvalue weighted by Gasteiger charge is 2.35. The monoisotopic (exact) mass is 387 g/mol. The van der Waals surface area contributed by atoms with E-state index in [2.05, 4.69) is 95.2 Å². The molecule has 0 aliphatic heterocycles. The van der Waals surface area contributed by atoms with Crippen LogP contribution in [0.2, 0.25) is 0 Å². The van der Waals surface area contributed by atoms with Gasteiger partial charge in [0.1, 0.15) is 0 Å². The Bertz CT molecular complexity index is 583. The molecule has 1 aromatic carbocycles. The van der Waals surface area contributed by atoms with Crippen LogP contribution in [0.5, 0.6) is 0 Å². The van der Waals surface area contributed by atoms with Gasteiger partial charge in [0, 0.05) is 5.69 Å². The first-order valence-corrected chi connectivity index (χ1v) is 11.7. The highest BCUT2D eigenvalue weighted by atomic mass is 14.6. The maximum Gasteiger partial charge on any atom is 0.0352 e. The summed E-state index contributed by atoms with van der Waals surface area (Å²) < 4.78 is 0. The fourth-order valence-electron chi connectivity index (χ4n) is 6.07. The van der Waals surface area contributed by atoms with E-state index < -0.39 is 0 Å². The molecule has 0 heterocycles. The van der Waals surface area contributed by atoms with Crippen molar-refractivity contribution in [3.63, 3.8) is 0 Å². The number of nitrogen functional groups attached to an aromatic ring is 1. The van der Waals surface area contributed by atoms with Crippen molar-refractivity contribution in [1.29, 1.82) is 0 Å². The summed E-state index contributed by atoms with van der Waals surface area (Å²) in [6, 6.07) is 4.58. The maximum absolute atomic E-state index is 6.76. The van der Waals surface area contributed by atoms with Crippen molar-refractivity contribution in [1.82, 2.24) is 0 Å². The molecule has 0 unspecified atom stereocenters. The molecule has 0 saturated carbocycles. The number of benzene rings is 1. The van der Waals surface area contributed by atoms with Gasteiger partial charge >= 0.3 is 0 Å². The Labute approximate surface area is 176 Å². The van der Waals surface area contributed by atoms with Gasteiger partial charge in [-0.15, -0.1) is 0 Å². The molecule has 0 spiro atoms. The van der Waals surface area contributed by atoms with Crippen LogP contribution in [0.25, 0.3) is 0 Å². The van der Waals surface area contributed by atoms with Crippen LogP contribution < -0.4 is 5.73 Å². The van der Waals surface area contributed by atoms with E-state index in [-0.39, 0.29) is 0 Å². The Morgan fingerprint density at radius 3 is 1.11 bits per heavy atom. The molecule has 0 amide bonds. The first-order valence-electron chi connectivity index (χ1n) is 11.7. The molecule has 1 aromatic rings. The van der Waals surface area contributed by atoms with Gasteiger partial charge in [-0.2, -0.15) is 0 Å². The molecule has 0 fully saturated rings. The van der Waals surface area contributed by atoms with Gasteiger partial charge in [0.15, 0.2) is 0 Å². The first-order chi connectivity index (χ1) is 12.8. The van der Waals surface area contributed by atoms with Crippen molar-refractivity contribution in [2.75, 3.05) is 5.73 Å². The summed E-state index contributed by atoms with van der Waals surface area (Å²) >= 11 is 0. The summed E-state index contributed by atoms with van der Waals surface area (Å²) in [5.74, 6) is 5.18. The number of hydrogen-bond acceptors (Lipinski definition) is 1. The van der Waals surface area contributed by atoms with E-state index >= 15 is 0 Å². The maximum atomic E-state index is 6.76. The van der Waals surface area contributed by atoms with Crippen LogP contribution in [0.3, 0.4) is 0 Å². The average molecular weight is 388 g/mol. The third-order valence-electron chi connectivity index (χ3n) is 6.69. The van der Waals surface area contributed by atoms with Crippen molar-refractivity contribution in [3.05, 3.63) is 28.8 Å². The van der Waals surface area contributed by atoms with Gasteiger partial charge in [-0.1, -0.05) is 89.2 Å². The van der Waals surface area contributed by atoms with Crippen molar-refractivity contribution in [2.45, 2.75) is 101 Å². The van der Waals surface area contributed by atoms with Crippen LogP contribution in [0.1, 0.15) is 118 Å². The Hall–Kier alpha value is -0.980. The lowest BCUT2D eigenvalue weighted by Gasteiger charge is -2.39. The molecule has 1 nitrogen and oxygen atoms in total. The van der Waals surface area contributed by atoms with Crippen molar-refractivity contribution in [2.24, 2.45) is 35.5 Å². The third kappa shape index (κ3) is 5.33. The number of hydrogen-bond donors (Lipinski definition) is 1. The molecule has 0 bridgehead atoms. The molecular formula is C27H49N. The predicted molar refractivity (Wildman–Crippen MR) is 128 cm³/mol. The fourth-order valence-corrected chi connectivity index (χ4v) is 6.07. The third-order valence-corrected chi connectivity index (χ3v) is 6.69. The van der Waals surface area contributed by atoms with Gasteiger partial charge in [0.25, 0.3) is 0 Å². The average Bonchev–Trinajstić information content (AvgIpc) is 2.50. The summed E-state index contributed by atoms with van der Waals surface area (Å²) in [6.45, 7) is 28.5. The van der Waals surface area contributed by atoms with Crippen LogP contribution in [0, 0.1) is 35.5 Å². The van der Waals surface area contributed by atoms with Crippen molar-refractivity contribution >= 4 is 5.69 Å². The summed E-state index contributed by atoms with van der Waals surface area (Å²) in [5.41, 5.74) is 12.4. The molecule has 1 heteroatoms. The van der Waals surface area contributed by atoms with Crippen LogP contribution in [0.4, 0.5) is 5.69 Å². The lowest BCUT2D eigenvalue weighted by atomic mass is 9.66. The number of nitrogens with two attached hydrogens (primary N) is 1. The van der Waals surface area contributed by atoms with E-state index in [0.29, 0.717) is 53.3 Å². The Morgan fingerprint density at radius 1 is 0.464 bits per heavy atom. The minimum absolute atomic E-state index is 0.495. The van der Waals surface area contributed by atoms with E-state index in [9.17, 15) is 0 Å². The molecule has 2 N–H and O–H groups in total. The lowest BCUT2D eigenvalue weighted by Crippen LogP contribution is -2.26. The highest BCUT2D eigenvalue weighted by molar-refractivity contribution is 5.58. The van der Waals surface area contributed by atoms with Crippen molar-refractivity contribution < 1.29 is 0 Å². The Kier molecular flexibility index (Phi) is 9.10. The number of anilines is 1. The molecule has 0 aromatic heterocycles. The second-order valence-corrected chi connectivity index (χ2v) is 11.1. The first kappa shape index (κ1) is 25.1. The normalized spacial score (nSPS) is 13.2. The summed E-state index contributed by atoms with van der Waals surface area (Å²) in [5, 5.41) is 0. The standard InChI is InChI=1S/C27H49N/c1-15(2)23(16(3)4)21-13-14-22(28)27(25(19(9)10)20(11)12)26(21)24(17(5)6)18(7)8/h13-20,23-25H,28H2,1-12H3. The minimum Gasteiger partial charge on any atom is -0.398 e. The minimum atomic E-state index is 0.495. The van der Waals surface area contributed by atoms with E-state index in [0.717, 1.165) is 5.69 Å². The SMILES string of the molecule is CC(C)C(c1ccc(N)c(C(C(C)C)C(C)C)c1C(C(C)C)C(C)C)C(C)C. The van der Waals surface area contributed by atoms with E-state index in [1.54, 1.807) is 11.1 Å². The topological polar surface area (TPSA) is 26.0 Å². The molecule has 0 aliphatic carbocycles. The summed E-state index contributed by atoms with van der Waals surface area (Å²) in [4.78, 5) is 0. The van der Waals surface area contributed by atoms with Gasteiger partial charge in [0.05, 0.1) is 0 Å². The van der Waals surface area contributed by atoms with Crippen LogP contribution >= 0.6 is 0 Å². The lowest BCUT2D eigenvalue weighted by molar-refractivity contribution is 0.341. The van der Waals surface area contributed by atoms with Gasteiger partial charge in [-0.25, -0.2) is 0 Å². The second kappa shape index (κ2) is 10.2. The van der Waals surface area contributed by atoms with Crippen molar-refractivity contribution in [3.8, 4) is 0 Å². The molecule has 0 atom stereocenters. The molecular weight excluding hydrogens is 338 g/mol. The van der Waals surface area contributed by atoms with Crippen LogP contribution in [0.15, 0.2) is 12.1 Å². The Balaban J connectivity index is 4.01. The zero-order valence-electron chi connectivity index (χ0n) is 20.9. The molecule has 0 saturated heterocycles. The number of rotatable bonds is 9. The van der Waals surface area contributed by atoms with Crippen LogP contribution in [-0.4, -0.2) is 0 Å². The zero-order valence-corrected chi connectivity index (χ0v) is 20.9. The smallest absolute Gasteiger partial charge is 0.0352 e. The van der Waals surface area contributed by atoms with Gasteiger partial charge in [-0.3, -0.25) is 0 Å². The highest BCUT2D eigenvalue weighted by Crippen LogP contribution is 2.48. The molecule has 1 rings (SSSR count). The molecule has 0 aliphatic rings. The summed E-state index contributed by atoms with van der Waals surface area (Å²) in [6.07, 6.45) is 0. The largest absolute Gasteiger partial charge is 0.398 e. The van der Waals surface area contributed by atoms with Gasteiger partial charge in [0.2, 0.25) is 0 Å². The molecule has 28 heavy (non-hydrogen) atoms. The van der Waals surface area contributed by atoms with Gasteiger partial charge < -0.3 is 5.73 Å².